The Balaban J connectivity index is 2.25. The van der Waals surface area contributed by atoms with Crippen LogP contribution in [0.1, 0.15) is 50.8 Å². The molecule has 1 aromatic heterocycles. The van der Waals surface area contributed by atoms with Crippen molar-refractivity contribution in [1.29, 1.82) is 0 Å². The number of methoxy groups -OCH3 is 1. The summed E-state index contributed by atoms with van der Waals surface area (Å²) in [5, 5.41) is 9.52. The zero-order valence-corrected chi connectivity index (χ0v) is 11.0. The van der Waals surface area contributed by atoms with Gasteiger partial charge in [-0.2, -0.15) is 0 Å². The van der Waals surface area contributed by atoms with Crippen LogP contribution in [-0.2, 0) is 0 Å². The maximum absolute atomic E-state index is 12.5. The summed E-state index contributed by atoms with van der Waals surface area (Å²) in [6.45, 7) is 1.51. The van der Waals surface area contributed by atoms with Gasteiger partial charge in [0, 0.05) is 5.56 Å². The monoisotopic (exact) mass is 272 g/mol. The molecule has 0 spiro atoms. The Morgan fingerprint density at radius 1 is 1.20 bits per heavy atom. The largest absolute Gasteiger partial charge is 0.496 e. The maximum Gasteiger partial charge on any atom is 0.229 e. The lowest BCUT2D eigenvalue weighted by Gasteiger charge is -2.15. The first kappa shape index (κ1) is 12.6. The molecule has 20 heavy (non-hydrogen) atoms. The van der Waals surface area contributed by atoms with Crippen molar-refractivity contribution in [2.75, 3.05) is 7.11 Å². The van der Waals surface area contributed by atoms with Crippen molar-refractivity contribution in [2.45, 2.75) is 13.0 Å². The second-order valence-corrected chi connectivity index (χ2v) is 4.61. The van der Waals surface area contributed by atoms with Crippen molar-refractivity contribution >= 4 is 11.6 Å². The second kappa shape index (κ2) is 4.31. The van der Waals surface area contributed by atoms with Crippen LogP contribution in [0.2, 0.25) is 0 Å². The van der Waals surface area contributed by atoms with E-state index in [1.807, 2.05) is 0 Å². The molecule has 1 atom stereocenters. The van der Waals surface area contributed by atoms with Crippen molar-refractivity contribution in [3.8, 4) is 5.75 Å². The van der Waals surface area contributed by atoms with Crippen LogP contribution in [0, 0.1) is 0 Å². The lowest BCUT2D eigenvalue weighted by atomic mass is 9.88. The number of hydrogen-bond acceptors (Lipinski definition) is 5. The van der Waals surface area contributed by atoms with Gasteiger partial charge >= 0.3 is 0 Å². The fraction of sp³-hybridized carbons (Fsp3) is 0.200. The SMILES string of the molecule is COc1cccc2c1C(=O)c1cc(C(C)O)oc1C2=O. The zero-order chi connectivity index (χ0) is 14.4. The van der Waals surface area contributed by atoms with Crippen molar-refractivity contribution in [3.05, 3.63) is 52.5 Å². The molecule has 1 aliphatic carbocycles. The molecule has 2 aromatic rings. The number of rotatable bonds is 2. The van der Waals surface area contributed by atoms with Crippen LogP contribution in [0.25, 0.3) is 0 Å². The summed E-state index contributed by atoms with van der Waals surface area (Å²) in [5.74, 6) is -0.176. The van der Waals surface area contributed by atoms with Crippen LogP contribution in [0.15, 0.2) is 28.7 Å². The van der Waals surface area contributed by atoms with Crippen LogP contribution < -0.4 is 4.74 Å². The first-order chi connectivity index (χ1) is 9.54. The van der Waals surface area contributed by atoms with E-state index in [-0.39, 0.29) is 39.8 Å². The van der Waals surface area contributed by atoms with Crippen molar-refractivity contribution in [3.63, 3.8) is 0 Å². The number of aliphatic hydroxyl groups excluding tert-OH is 1. The molecule has 3 rings (SSSR count). The molecule has 0 amide bonds. The molecule has 5 heteroatoms. The van der Waals surface area contributed by atoms with Gasteiger partial charge < -0.3 is 14.3 Å². The van der Waals surface area contributed by atoms with E-state index in [0.29, 0.717) is 5.75 Å². The van der Waals surface area contributed by atoms with Gasteiger partial charge in [0.25, 0.3) is 0 Å². The summed E-state index contributed by atoms with van der Waals surface area (Å²) in [6, 6.07) is 6.25. The van der Waals surface area contributed by atoms with Gasteiger partial charge in [0.05, 0.1) is 18.2 Å². The number of carbonyl (C=O) groups excluding carboxylic acids is 2. The molecule has 1 N–H and O–H groups in total. The molecule has 0 saturated heterocycles. The molecule has 1 heterocycles. The Morgan fingerprint density at radius 3 is 2.60 bits per heavy atom. The third kappa shape index (κ3) is 1.60. The Kier molecular flexibility index (Phi) is 2.72. The molecule has 0 fully saturated rings. The smallest absolute Gasteiger partial charge is 0.229 e. The number of furan rings is 1. The van der Waals surface area contributed by atoms with Gasteiger partial charge in [-0.1, -0.05) is 6.07 Å². The number of ether oxygens (including phenoxy) is 1. The number of hydrogen-bond donors (Lipinski definition) is 1. The highest BCUT2D eigenvalue weighted by molar-refractivity contribution is 6.28. The molecule has 5 nitrogen and oxygen atoms in total. The molecule has 0 radical (unpaired) electrons. The number of carbonyl (C=O) groups is 2. The summed E-state index contributed by atoms with van der Waals surface area (Å²) in [6.07, 6.45) is -0.883. The topological polar surface area (TPSA) is 76.7 Å². The van der Waals surface area contributed by atoms with Crippen LogP contribution >= 0.6 is 0 Å². The van der Waals surface area contributed by atoms with Crippen molar-refractivity contribution in [1.82, 2.24) is 0 Å². The third-order valence-electron chi connectivity index (χ3n) is 3.33. The van der Waals surface area contributed by atoms with Gasteiger partial charge in [0.15, 0.2) is 5.76 Å². The highest BCUT2D eigenvalue weighted by atomic mass is 16.5. The molecule has 1 aliphatic rings. The first-order valence-corrected chi connectivity index (χ1v) is 6.12. The minimum absolute atomic E-state index is 0.0216. The standard InChI is InChI=1S/C15H12O5/c1-7(16)11-6-9-13(17)12-8(14(18)15(9)20-11)4-3-5-10(12)19-2/h3-7,16H,1-2H3. The molecule has 1 aromatic carbocycles. The van der Waals surface area contributed by atoms with Crippen LogP contribution in [-0.4, -0.2) is 23.8 Å². The highest BCUT2D eigenvalue weighted by Crippen LogP contribution is 2.35. The molecule has 0 aliphatic heterocycles. The van der Waals surface area contributed by atoms with E-state index >= 15 is 0 Å². The first-order valence-electron chi connectivity index (χ1n) is 6.12. The summed E-state index contributed by atoms with van der Waals surface area (Å²) >= 11 is 0. The number of ketones is 2. The van der Waals surface area contributed by atoms with E-state index in [0.717, 1.165) is 0 Å². The number of aliphatic hydroxyl groups is 1. The molecule has 102 valence electrons. The Morgan fingerprint density at radius 2 is 1.95 bits per heavy atom. The van der Waals surface area contributed by atoms with Gasteiger partial charge in [0.1, 0.15) is 17.6 Å². The quantitative estimate of drug-likeness (QED) is 0.773. The summed E-state index contributed by atoms with van der Waals surface area (Å²) in [7, 11) is 1.44. The van der Waals surface area contributed by atoms with Crippen molar-refractivity contribution < 1.29 is 23.8 Å². The van der Waals surface area contributed by atoms with Crippen LogP contribution in [0.4, 0.5) is 0 Å². The van der Waals surface area contributed by atoms with E-state index in [1.54, 1.807) is 18.2 Å². The van der Waals surface area contributed by atoms with E-state index < -0.39 is 6.10 Å². The molecular weight excluding hydrogens is 260 g/mol. The lowest BCUT2D eigenvalue weighted by molar-refractivity contribution is 0.0951. The van der Waals surface area contributed by atoms with Gasteiger partial charge in [-0.3, -0.25) is 9.59 Å². The average Bonchev–Trinajstić information content (AvgIpc) is 2.89. The summed E-state index contributed by atoms with van der Waals surface area (Å²) in [5.41, 5.74) is 0.668. The predicted molar refractivity (Wildman–Crippen MR) is 69.2 cm³/mol. The molecule has 1 unspecified atom stereocenters. The van der Waals surface area contributed by atoms with Gasteiger partial charge in [-0.15, -0.1) is 0 Å². The average molecular weight is 272 g/mol. The lowest BCUT2D eigenvalue weighted by Crippen LogP contribution is -2.19. The van der Waals surface area contributed by atoms with Crippen molar-refractivity contribution in [2.24, 2.45) is 0 Å². The third-order valence-corrected chi connectivity index (χ3v) is 3.33. The van der Waals surface area contributed by atoms with E-state index in [9.17, 15) is 14.7 Å². The van der Waals surface area contributed by atoms with Crippen LogP contribution in [0.5, 0.6) is 5.75 Å². The highest BCUT2D eigenvalue weighted by Gasteiger charge is 2.36. The van der Waals surface area contributed by atoms with Gasteiger partial charge in [-0.25, -0.2) is 0 Å². The fourth-order valence-electron chi connectivity index (χ4n) is 2.33. The Labute approximate surface area is 114 Å². The minimum atomic E-state index is -0.883. The summed E-state index contributed by atoms with van der Waals surface area (Å²) in [4.78, 5) is 24.9. The Bertz CT molecular complexity index is 724. The van der Waals surface area contributed by atoms with Crippen LogP contribution in [0.3, 0.4) is 0 Å². The summed E-state index contributed by atoms with van der Waals surface area (Å²) < 4.78 is 10.5. The predicted octanol–water partition coefficient (Wildman–Crippen LogP) is 2.12. The second-order valence-electron chi connectivity index (χ2n) is 4.61. The molecule has 0 bridgehead atoms. The number of fused-ring (bicyclic) bond motifs is 2. The van der Waals surface area contributed by atoms with E-state index in [1.165, 1.54) is 20.1 Å². The maximum atomic E-state index is 12.5. The van der Waals surface area contributed by atoms with E-state index in [2.05, 4.69) is 0 Å². The minimum Gasteiger partial charge on any atom is -0.496 e. The normalized spacial score (nSPS) is 14.8. The fourth-order valence-corrected chi connectivity index (χ4v) is 2.33. The number of benzene rings is 1. The van der Waals surface area contributed by atoms with Gasteiger partial charge in [0.2, 0.25) is 11.6 Å². The van der Waals surface area contributed by atoms with Gasteiger partial charge in [-0.05, 0) is 25.1 Å². The van der Waals surface area contributed by atoms with E-state index in [4.69, 9.17) is 9.15 Å². The zero-order valence-electron chi connectivity index (χ0n) is 11.0. The molecule has 0 saturated carbocycles. The molecular formula is C15H12O5. The Hall–Kier alpha value is -2.40.